The summed E-state index contributed by atoms with van der Waals surface area (Å²) in [4.78, 5) is 0. The van der Waals surface area contributed by atoms with Gasteiger partial charge in [-0.1, -0.05) is 0 Å². The molecule has 1 aliphatic heterocycles. The fourth-order valence-electron chi connectivity index (χ4n) is 1.90. The molecule has 0 aromatic heterocycles. The van der Waals surface area contributed by atoms with E-state index < -0.39 is 0 Å². The van der Waals surface area contributed by atoms with Gasteiger partial charge in [0.2, 0.25) is 0 Å². The molecule has 0 bridgehead atoms. The van der Waals surface area contributed by atoms with Gasteiger partial charge in [0, 0.05) is 5.54 Å². The third-order valence-corrected chi connectivity index (χ3v) is 2.74. The van der Waals surface area contributed by atoms with E-state index in [0.717, 1.165) is 6.61 Å². The molecule has 1 saturated heterocycles. The van der Waals surface area contributed by atoms with E-state index in [9.17, 15) is 0 Å². The first-order chi connectivity index (χ1) is 5.35. The lowest BCUT2D eigenvalue weighted by molar-refractivity contribution is -0.0469. The summed E-state index contributed by atoms with van der Waals surface area (Å²) >= 11 is 0. The minimum Gasteiger partial charge on any atom is -0.395 e. The number of rotatable bonds is 1. The summed E-state index contributed by atoms with van der Waals surface area (Å²) in [5.74, 6) is 0. The van der Waals surface area contributed by atoms with E-state index in [0.29, 0.717) is 6.61 Å². The lowest BCUT2D eigenvalue weighted by atomic mass is 9.76. The summed E-state index contributed by atoms with van der Waals surface area (Å²) in [7, 11) is 0. The molecule has 1 atom stereocenters. The normalized spacial score (nSPS) is 32.2. The Labute approximate surface area is 78.9 Å². The van der Waals surface area contributed by atoms with Crippen molar-refractivity contribution < 1.29 is 9.84 Å². The smallest absolute Gasteiger partial charge is 0.0649 e. The third kappa shape index (κ3) is 1.74. The van der Waals surface area contributed by atoms with Crippen LogP contribution in [0.25, 0.3) is 0 Å². The number of ether oxygens (including phenoxy) is 1. The van der Waals surface area contributed by atoms with Crippen LogP contribution in [0.1, 0.15) is 19.3 Å². The highest BCUT2D eigenvalue weighted by atomic mass is 35.5. The summed E-state index contributed by atoms with van der Waals surface area (Å²) in [6, 6.07) is 0.170. The number of hydrogen-bond acceptors (Lipinski definition) is 3. The number of halogens is 1. The molecule has 1 aliphatic carbocycles. The molecule has 2 aliphatic rings. The highest BCUT2D eigenvalue weighted by Gasteiger charge is 2.41. The lowest BCUT2D eigenvalue weighted by Gasteiger charge is -2.47. The maximum absolute atomic E-state index is 8.90. The minimum absolute atomic E-state index is 0. The van der Waals surface area contributed by atoms with Gasteiger partial charge in [0.05, 0.1) is 25.9 Å². The van der Waals surface area contributed by atoms with Gasteiger partial charge in [-0.05, 0) is 19.3 Å². The van der Waals surface area contributed by atoms with Crippen molar-refractivity contribution >= 4 is 12.4 Å². The largest absolute Gasteiger partial charge is 0.395 e. The molecular weight excluding hydrogens is 178 g/mol. The van der Waals surface area contributed by atoms with Crippen molar-refractivity contribution in [3.8, 4) is 0 Å². The number of nitrogens with one attached hydrogen (secondary N) is 1. The maximum atomic E-state index is 8.90. The molecule has 2 rings (SSSR count). The van der Waals surface area contributed by atoms with E-state index in [1.807, 2.05) is 0 Å². The highest BCUT2D eigenvalue weighted by molar-refractivity contribution is 5.85. The van der Waals surface area contributed by atoms with Crippen molar-refractivity contribution in [2.75, 3.05) is 19.8 Å². The fourth-order valence-corrected chi connectivity index (χ4v) is 1.90. The number of hydrogen-bond donors (Lipinski definition) is 2. The highest BCUT2D eigenvalue weighted by Crippen LogP contribution is 2.34. The molecule has 1 unspecified atom stereocenters. The number of aliphatic hydroxyl groups is 1. The van der Waals surface area contributed by atoms with Crippen molar-refractivity contribution in [2.24, 2.45) is 0 Å². The van der Waals surface area contributed by atoms with Crippen LogP contribution < -0.4 is 5.32 Å². The Morgan fingerprint density at radius 2 is 2.25 bits per heavy atom. The van der Waals surface area contributed by atoms with Crippen LogP contribution in [0, 0.1) is 0 Å². The van der Waals surface area contributed by atoms with Gasteiger partial charge in [-0.3, -0.25) is 0 Å². The Morgan fingerprint density at radius 1 is 1.50 bits per heavy atom. The Morgan fingerprint density at radius 3 is 2.75 bits per heavy atom. The van der Waals surface area contributed by atoms with Crippen molar-refractivity contribution in [1.82, 2.24) is 5.32 Å². The topological polar surface area (TPSA) is 41.5 Å². The van der Waals surface area contributed by atoms with E-state index in [1.54, 1.807) is 0 Å². The van der Waals surface area contributed by atoms with Crippen molar-refractivity contribution in [2.45, 2.75) is 30.8 Å². The number of aliphatic hydroxyl groups excluding tert-OH is 1. The first kappa shape index (κ1) is 10.3. The Bertz CT molecular complexity index is 150. The first-order valence-electron chi connectivity index (χ1n) is 4.31. The molecule has 2 N–H and O–H groups in total. The molecule has 0 radical (unpaired) electrons. The van der Waals surface area contributed by atoms with Crippen LogP contribution in [0.15, 0.2) is 0 Å². The summed E-state index contributed by atoms with van der Waals surface area (Å²) in [5.41, 5.74) is 0.242. The summed E-state index contributed by atoms with van der Waals surface area (Å²) < 4.78 is 5.41. The fraction of sp³-hybridized carbons (Fsp3) is 1.00. The minimum atomic E-state index is 0. The van der Waals surface area contributed by atoms with Crippen LogP contribution in [-0.4, -0.2) is 36.5 Å². The van der Waals surface area contributed by atoms with Gasteiger partial charge in [-0.2, -0.15) is 0 Å². The Balaban J connectivity index is 0.000000720. The molecule has 1 spiro atoms. The van der Waals surface area contributed by atoms with Crippen molar-refractivity contribution in [3.05, 3.63) is 0 Å². The number of morpholine rings is 1. The average molecular weight is 194 g/mol. The van der Waals surface area contributed by atoms with Gasteiger partial charge in [0.15, 0.2) is 0 Å². The molecular formula is C8H16ClNO2. The second kappa shape index (κ2) is 3.92. The van der Waals surface area contributed by atoms with Gasteiger partial charge in [-0.25, -0.2) is 0 Å². The monoisotopic (exact) mass is 193 g/mol. The van der Waals surface area contributed by atoms with Crippen LogP contribution in [0.5, 0.6) is 0 Å². The van der Waals surface area contributed by atoms with E-state index in [2.05, 4.69) is 5.32 Å². The molecule has 72 valence electrons. The third-order valence-electron chi connectivity index (χ3n) is 2.74. The Kier molecular flexibility index (Phi) is 3.35. The molecule has 12 heavy (non-hydrogen) atoms. The molecule has 4 heteroatoms. The summed E-state index contributed by atoms with van der Waals surface area (Å²) in [5, 5.41) is 12.3. The molecule has 1 heterocycles. The van der Waals surface area contributed by atoms with Gasteiger partial charge >= 0.3 is 0 Å². The van der Waals surface area contributed by atoms with Crippen LogP contribution in [0.2, 0.25) is 0 Å². The molecule has 1 saturated carbocycles. The van der Waals surface area contributed by atoms with Crippen LogP contribution in [0.3, 0.4) is 0 Å². The zero-order valence-electron chi connectivity index (χ0n) is 7.08. The average Bonchev–Trinajstić information content (AvgIpc) is 2.02. The van der Waals surface area contributed by atoms with Crippen molar-refractivity contribution in [1.29, 1.82) is 0 Å². The molecule has 0 aromatic rings. The van der Waals surface area contributed by atoms with Crippen LogP contribution in [0.4, 0.5) is 0 Å². The summed E-state index contributed by atoms with van der Waals surface area (Å²) in [6.07, 6.45) is 3.72. The summed E-state index contributed by atoms with van der Waals surface area (Å²) in [6.45, 7) is 1.70. The van der Waals surface area contributed by atoms with Gasteiger partial charge in [-0.15, -0.1) is 12.4 Å². The van der Waals surface area contributed by atoms with Gasteiger partial charge in [0.1, 0.15) is 0 Å². The SMILES string of the molecule is Cl.OCC1COCC2(CCC2)N1. The van der Waals surface area contributed by atoms with Crippen LogP contribution >= 0.6 is 12.4 Å². The lowest BCUT2D eigenvalue weighted by Crippen LogP contribution is -2.63. The van der Waals surface area contributed by atoms with Gasteiger partial charge < -0.3 is 15.2 Å². The van der Waals surface area contributed by atoms with Crippen molar-refractivity contribution in [3.63, 3.8) is 0 Å². The predicted molar refractivity (Wildman–Crippen MR) is 48.7 cm³/mol. The predicted octanol–water partition coefficient (Wildman–Crippen LogP) is 0.312. The second-order valence-electron chi connectivity index (χ2n) is 3.67. The molecule has 2 fully saturated rings. The van der Waals surface area contributed by atoms with Gasteiger partial charge in [0.25, 0.3) is 0 Å². The van der Waals surface area contributed by atoms with E-state index in [1.165, 1.54) is 19.3 Å². The standard InChI is InChI=1S/C8H15NO2.ClH/c10-4-7-5-11-6-8(9-7)2-1-3-8;/h7,9-10H,1-6H2;1H. The first-order valence-corrected chi connectivity index (χ1v) is 4.31. The van der Waals surface area contributed by atoms with E-state index >= 15 is 0 Å². The quantitative estimate of drug-likeness (QED) is 0.630. The molecule has 0 amide bonds. The van der Waals surface area contributed by atoms with E-state index in [-0.39, 0.29) is 30.6 Å². The maximum Gasteiger partial charge on any atom is 0.0649 e. The Hall–Kier alpha value is 0.170. The van der Waals surface area contributed by atoms with E-state index in [4.69, 9.17) is 9.84 Å². The van der Waals surface area contributed by atoms with Crippen LogP contribution in [-0.2, 0) is 4.74 Å². The zero-order valence-corrected chi connectivity index (χ0v) is 7.90. The molecule has 0 aromatic carbocycles. The molecule has 3 nitrogen and oxygen atoms in total. The second-order valence-corrected chi connectivity index (χ2v) is 3.67. The zero-order chi connectivity index (χ0) is 7.73.